The maximum absolute atomic E-state index is 12.8. The fourth-order valence-corrected chi connectivity index (χ4v) is 2.26. The molecule has 1 atom stereocenters. The molecule has 0 radical (unpaired) electrons. The van der Waals surface area contributed by atoms with Crippen LogP contribution in [0.3, 0.4) is 0 Å². The predicted molar refractivity (Wildman–Crippen MR) is 84.6 cm³/mol. The largest absolute Gasteiger partial charge is 0.335 e. The van der Waals surface area contributed by atoms with Crippen molar-refractivity contribution in [2.75, 3.05) is 6.54 Å². The Morgan fingerprint density at radius 1 is 1.45 bits per heavy atom. The van der Waals surface area contributed by atoms with E-state index in [0.29, 0.717) is 18.1 Å². The third-order valence-electron chi connectivity index (χ3n) is 3.87. The summed E-state index contributed by atoms with van der Waals surface area (Å²) in [6, 6.07) is 7.75. The number of hydrogen-bond donors (Lipinski definition) is 1. The molecule has 0 saturated carbocycles. The fraction of sp³-hybridized carbons (Fsp3) is 0.562. The summed E-state index contributed by atoms with van der Waals surface area (Å²) in [5.41, 5.74) is 6.35. The lowest BCUT2D eigenvalue weighted by Gasteiger charge is -2.35. The van der Waals surface area contributed by atoms with Gasteiger partial charge in [-0.15, -0.1) is 0 Å². The predicted octanol–water partition coefficient (Wildman–Crippen LogP) is 3.45. The number of rotatable bonds is 6. The van der Waals surface area contributed by atoms with Crippen molar-refractivity contribution >= 4 is 17.5 Å². The third kappa shape index (κ3) is 3.97. The molecule has 0 heterocycles. The van der Waals surface area contributed by atoms with E-state index in [2.05, 4.69) is 0 Å². The van der Waals surface area contributed by atoms with Crippen LogP contribution in [0.5, 0.6) is 0 Å². The minimum Gasteiger partial charge on any atom is -0.335 e. The molecule has 0 aromatic heterocycles. The Bertz CT molecular complexity index is 456. The van der Waals surface area contributed by atoms with Crippen molar-refractivity contribution in [3.63, 3.8) is 0 Å². The van der Waals surface area contributed by atoms with Gasteiger partial charge in [-0.3, -0.25) is 4.79 Å². The first-order valence-electron chi connectivity index (χ1n) is 7.09. The van der Waals surface area contributed by atoms with Crippen LogP contribution in [-0.4, -0.2) is 23.4 Å². The van der Waals surface area contributed by atoms with Crippen molar-refractivity contribution in [3.05, 3.63) is 34.9 Å². The van der Waals surface area contributed by atoms with E-state index in [1.54, 1.807) is 0 Å². The molecule has 1 amide bonds. The standard InChI is InChI=1S/C16H25ClN2O/c1-5-16(4,11-18)15(20)19(12(2)3)10-13-7-6-8-14(17)9-13/h6-9,12H,5,10-11,18H2,1-4H3. The highest BCUT2D eigenvalue weighted by Crippen LogP contribution is 2.25. The summed E-state index contributed by atoms with van der Waals surface area (Å²) < 4.78 is 0. The Labute approximate surface area is 127 Å². The number of amides is 1. The number of hydrogen-bond acceptors (Lipinski definition) is 2. The van der Waals surface area contributed by atoms with Crippen molar-refractivity contribution in [1.82, 2.24) is 4.90 Å². The lowest BCUT2D eigenvalue weighted by Crippen LogP contribution is -2.48. The zero-order valence-electron chi connectivity index (χ0n) is 12.8. The second-order valence-electron chi connectivity index (χ2n) is 5.78. The Hall–Kier alpha value is -1.06. The van der Waals surface area contributed by atoms with Crippen molar-refractivity contribution in [2.45, 2.75) is 46.7 Å². The van der Waals surface area contributed by atoms with Gasteiger partial charge in [0.05, 0.1) is 5.41 Å². The van der Waals surface area contributed by atoms with Crippen LogP contribution < -0.4 is 5.73 Å². The molecule has 4 heteroatoms. The Morgan fingerprint density at radius 2 is 2.10 bits per heavy atom. The first-order valence-corrected chi connectivity index (χ1v) is 7.47. The molecule has 0 saturated heterocycles. The van der Waals surface area contributed by atoms with E-state index in [0.717, 1.165) is 12.0 Å². The molecule has 2 N–H and O–H groups in total. The smallest absolute Gasteiger partial charge is 0.230 e. The van der Waals surface area contributed by atoms with E-state index >= 15 is 0 Å². The van der Waals surface area contributed by atoms with Crippen LogP contribution in [0.4, 0.5) is 0 Å². The maximum Gasteiger partial charge on any atom is 0.230 e. The summed E-state index contributed by atoms with van der Waals surface area (Å²) in [6.07, 6.45) is 0.737. The quantitative estimate of drug-likeness (QED) is 0.874. The number of carbonyl (C=O) groups excluding carboxylic acids is 1. The van der Waals surface area contributed by atoms with Gasteiger partial charge in [0.25, 0.3) is 0 Å². The minimum atomic E-state index is -0.497. The molecule has 1 unspecified atom stereocenters. The van der Waals surface area contributed by atoms with Gasteiger partial charge in [-0.05, 0) is 44.9 Å². The fourth-order valence-electron chi connectivity index (χ4n) is 2.05. The normalized spacial score (nSPS) is 14.2. The van der Waals surface area contributed by atoms with Crippen LogP contribution in [0.25, 0.3) is 0 Å². The van der Waals surface area contributed by atoms with Gasteiger partial charge in [-0.1, -0.05) is 30.7 Å². The van der Waals surface area contributed by atoms with Crippen molar-refractivity contribution < 1.29 is 4.79 Å². The van der Waals surface area contributed by atoms with E-state index < -0.39 is 5.41 Å². The zero-order valence-corrected chi connectivity index (χ0v) is 13.6. The van der Waals surface area contributed by atoms with Gasteiger partial charge in [-0.2, -0.15) is 0 Å². The summed E-state index contributed by atoms with van der Waals surface area (Å²) in [4.78, 5) is 14.6. The summed E-state index contributed by atoms with van der Waals surface area (Å²) in [5.74, 6) is 0.109. The van der Waals surface area contributed by atoms with Gasteiger partial charge >= 0.3 is 0 Å². The highest BCUT2D eigenvalue weighted by molar-refractivity contribution is 6.30. The molecule has 112 valence electrons. The van der Waals surface area contributed by atoms with Crippen molar-refractivity contribution in [3.8, 4) is 0 Å². The lowest BCUT2D eigenvalue weighted by molar-refractivity contribution is -0.143. The number of benzene rings is 1. The molecule has 0 spiro atoms. The maximum atomic E-state index is 12.8. The highest BCUT2D eigenvalue weighted by Gasteiger charge is 2.34. The second kappa shape index (κ2) is 7.09. The van der Waals surface area contributed by atoms with Gasteiger partial charge in [0.1, 0.15) is 0 Å². The van der Waals surface area contributed by atoms with E-state index in [-0.39, 0.29) is 11.9 Å². The summed E-state index contributed by atoms with van der Waals surface area (Å²) in [6.45, 7) is 8.91. The SMILES string of the molecule is CCC(C)(CN)C(=O)N(Cc1cccc(Cl)c1)C(C)C. The molecule has 0 fully saturated rings. The van der Waals surface area contributed by atoms with Crippen LogP contribution in [0.2, 0.25) is 5.02 Å². The topological polar surface area (TPSA) is 46.3 Å². The van der Waals surface area contributed by atoms with Crippen LogP contribution >= 0.6 is 11.6 Å². The molecule has 20 heavy (non-hydrogen) atoms. The van der Waals surface area contributed by atoms with E-state index in [4.69, 9.17) is 17.3 Å². The van der Waals surface area contributed by atoms with Crippen molar-refractivity contribution in [2.24, 2.45) is 11.1 Å². The molecular formula is C16H25ClN2O. The molecule has 1 aromatic carbocycles. The molecule has 1 rings (SSSR count). The van der Waals surface area contributed by atoms with Gasteiger partial charge in [0.2, 0.25) is 5.91 Å². The first kappa shape index (κ1) is 17.0. The third-order valence-corrected chi connectivity index (χ3v) is 4.11. The Morgan fingerprint density at radius 3 is 2.55 bits per heavy atom. The van der Waals surface area contributed by atoms with E-state index in [9.17, 15) is 4.79 Å². The molecule has 0 aliphatic rings. The number of halogens is 1. The molecule has 0 aliphatic carbocycles. The second-order valence-corrected chi connectivity index (χ2v) is 6.21. The Balaban J connectivity index is 2.98. The molecule has 0 aliphatic heterocycles. The average molecular weight is 297 g/mol. The van der Waals surface area contributed by atoms with E-state index in [1.165, 1.54) is 0 Å². The minimum absolute atomic E-state index is 0.109. The van der Waals surface area contributed by atoms with Gasteiger partial charge < -0.3 is 10.6 Å². The summed E-state index contributed by atoms with van der Waals surface area (Å²) in [5, 5.41) is 0.690. The number of nitrogens with two attached hydrogens (primary N) is 1. The van der Waals surface area contributed by atoms with Gasteiger partial charge in [-0.25, -0.2) is 0 Å². The monoisotopic (exact) mass is 296 g/mol. The first-order chi connectivity index (χ1) is 9.34. The molecular weight excluding hydrogens is 272 g/mol. The average Bonchev–Trinajstić information content (AvgIpc) is 2.43. The lowest BCUT2D eigenvalue weighted by atomic mass is 9.85. The Kier molecular flexibility index (Phi) is 6.03. The highest BCUT2D eigenvalue weighted by atomic mass is 35.5. The molecule has 1 aromatic rings. The van der Waals surface area contributed by atoms with Crippen molar-refractivity contribution in [1.29, 1.82) is 0 Å². The van der Waals surface area contributed by atoms with Gasteiger partial charge in [0.15, 0.2) is 0 Å². The zero-order chi connectivity index (χ0) is 15.3. The molecule has 0 bridgehead atoms. The van der Waals surface area contributed by atoms with Crippen LogP contribution in [0.15, 0.2) is 24.3 Å². The number of carbonyl (C=O) groups is 1. The summed E-state index contributed by atoms with van der Waals surface area (Å²) >= 11 is 6.01. The van der Waals surface area contributed by atoms with Crippen LogP contribution in [-0.2, 0) is 11.3 Å². The van der Waals surface area contributed by atoms with Gasteiger partial charge in [0, 0.05) is 24.2 Å². The number of nitrogens with zero attached hydrogens (tertiary/aromatic N) is 1. The summed E-state index contributed by atoms with van der Waals surface area (Å²) in [7, 11) is 0. The van der Waals surface area contributed by atoms with Crippen LogP contribution in [0.1, 0.15) is 39.7 Å². The van der Waals surface area contributed by atoms with Crippen LogP contribution in [0, 0.1) is 5.41 Å². The van der Waals surface area contributed by atoms with E-state index in [1.807, 2.05) is 56.9 Å². The molecule has 3 nitrogen and oxygen atoms in total.